The Balaban J connectivity index is 1.48. The van der Waals surface area contributed by atoms with Crippen molar-refractivity contribution in [3.63, 3.8) is 0 Å². The number of aryl methyl sites for hydroxylation is 2. The molecule has 156 valence electrons. The number of thiophene rings is 1. The van der Waals surface area contributed by atoms with Crippen molar-refractivity contribution in [3.05, 3.63) is 45.8 Å². The van der Waals surface area contributed by atoms with E-state index in [2.05, 4.69) is 20.8 Å². The first kappa shape index (κ1) is 20.5. The highest BCUT2D eigenvalue weighted by molar-refractivity contribution is 7.99. The molecule has 10 heteroatoms. The van der Waals surface area contributed by atoms with Crippen molar-refractivity contribution < 1.29 is 14.3 Å². The molecule has 0 spiro atoms. The number of tetrazole rings is 1. The van der Waals surface area contributed by atoms with E-state index in [9.17, 15) is 9.59 Å². The molecular formula is C20H21N5O3S2. The minimum absolute atomic E-state index is 0.120. The van der Waals surface area contributed by atoms with Gasteiger partial charge in [-0.05, 0) is 60.2 Å². The van der Waals surface area contributed by atoms with Crippen molar-refractivity contribution in [1.82, 2.24) is 20.2 Å². The van der Waals surface area contributed by atoms with Gasteiger partial charge in [0.05, 0.1) is 24.1 Å². The highest BCUT2D eigenvalue weighted by atomic mass is 32.2. The van der Waals surface area contributed by atoms with Gasteiger partial charge < -0.3 is 10.1 Å². The number of fused-ring (bicyclic) bond motifs is 1. The van der Waals surface area contributed by atoms with E-state index in [4.69, 9.17) is 4.74 Å². The standard InChI is InChI=1S/C20H21N5O3S2/c1-12-7-3-5-9-14(12)25-20(22-23-24-25)29-11-16(26)21-18-17(19(27)28-2)13-8-4-6-10-15(13)30-18/h3,5,7,9H,4,6,8,10-11H2,1-2H3,(H,21,26). The van der Waals surface area contributed by atoms with Gasteiger partial charge in [-0.25, -0.2) is 4.79 Å². The minimum Gasteiger partial charge on any atom is -0.465 e. The molecule has 0 bridgehead atoms. The van der Waals surface area contributed by atoms with Gasteiger partial charge in [-0.3, -0.25) is 4.79 Å². The number of nitrogens with one attached hydrogen (secondary N) is 1. The summed E-state index contributed by atoms with van der Waals surface area (Å²) < 4.78 is 6.58. The van der Waals surface area contributed by atoms with Gasteiger partial charge in [0.1, 0.15) is 5.00 Å². The van der Waals surface area contributed by atoms with Gasteiger partial charge in [0, 0.05) is 4.88 Å². The maximum atomic E-state index is 12.6. The van der Waals surface area contributed by atoms with E-state index >= 15 is 0 Å². The van der Waals surface area contributed by atoms with Crippen LogP contribution in [0.15, 0.2) is 29.4 Å². The highest BCUT2D eigenvalue weighted by Gasteiger charge is 2.27. The SMILES string of the molecule is COC(=O)c1c(NC(=O)CSc2nnnn2-c2ccccc2C)sc2c1CCCC2. The maximum Gasteiger partial charge on any atom is 0.341 e. The molecule has 3 aromatic rings. The summed E-state index contributed by atoms with van der Waals surface area (Å²) in [6.45, 7) is 1.98. The molecule has 0 fully saturated rings. The van der Waals surface area contributed by atoms with Crippen LogP contribution >= 0.6 is 23.1 Å². The molecule has 1 aliphatic rings. The third kappa shape index (κ3) is 4.10. The van der Waals surface area contributed by atoms with Gasteiger partial charge in [0.25, 0.3) is 0 Å². The summed E-state index contributed by atoms with van der Waals surface area (Å²) in [6.07, 6.45) is 3.91. The van der Waals surface area contributed by atoms with Gasteiger partial charge in [0.2, 0.25) is 11.1 Å². The Morgan fingerprint density at radius 1 is 1.27 bits per heavy atom. The molecule has 0 aliphatic heterocycles. The molecule has 1 aromatic carbocycles. The fourth-order valence-electron chi connectivity index (χ4n) is 3.49. The maximum absolute atomic E-state index is 12.6. The zero-order valence-corrected chi connectivity index (χ0v) is 18.3. The predicted octanol–water partition coefficient (Wildman–Crippen LogP) is 3.43. The Kier molecular flexibility index (Phi) is 6.14. The van der Waals surface area contributed by atoms with Crippen molar-refractivity contribution in [2.24, 2.45) is 0 Å². The fourth-order valence-corrected chi connectivity index (χ4v) is 5.46. The number of hydrogen-bond acceptors (Lipinski definition) is 8. The fraction of sp³-hybridized carbons (Fsp3) is 0.350. The van der Waals surface area contributed by atoms with E-state index in [1.165, 1.54) is 30.2 Å². The normalized spacial score (nSPS) is 13.0. The second-order valence-electron chi connectivity index (χ2n) is 6.90. The molecule has 2 aromatic heterocycles. The molecule has 0 atom stereocenters. The van der Waals surface area contributed by atoms with Crippen molar-refractivity contribution in [2.75, 3.05) is 18.2 Å². The quantitative estimate of drug-likeness (QED) is 0.460. The monoisotopic (exact) mass is 443 g/mol. The van der Waals surface area contributed by atoms with Crippen LogP contribution in [0.4, 0.5) is 5.00 Å². The zero-order chi connectivity index (χ0) is 21.1. The number of benzene rings is 1. The molecule has 0 unspecified atom stereocenters. The second-order valence-corrected chi connectivity index (χ2v) is 8.95. The van der Waals surface area contributed by atoms with Crippen molar-refractivity contribution in [2.45, 2.75) is 37.8 Å². The van der Waals surface area contributed by atoms with Crippen LogP contribution in [-0.2, 0) is 22.4 Å². The van der Waals surface area contributed by atoms with Crippen LogP contribution < -0.4 is 5.32 Å². The number of esters is 1. The van der Waals surface area contributed by atoms with Crippen LogP contribution in [0.5, 0.6) is 0 Å². The zero-order valence-electron chi connectivity index (χ0n) is 16.7. The largest absolute Gasteiger partial charge is 0.465 e. The lowest BCUT2D eigenvalue weighted by molar-refractivity contribution is -0.113. The number of thioether (sulfide) groups is 1. The van der Waals surface area contributed by atoms with Crippen molar-refractivity contribution >= 4 is 40.0 Å². The molecular weight excluding hydrogens is 422 g/mol. The topological polar surface area (TPSA) is 99.0 Å². The first-order valence-corrected chi connectivity index (χ1v) is 11.4. The first-order valence-electron chi connectivity index (χ1n) is 9.58. The number of carbonyl (C=O) groups is 2. The van der Waals surface area contributed by atoms with Gasteiger partial charge in [-0.15, -0.1) is 16.4 Å². The number of nitrogens with zero attached hydrogens (tertiary/aromatic N) is 4. The van der Waals surface area contributed by atoms with Crippen LogP contribution in [0, 0.1) is 6.92 Å². The number of para-hydroxylation sites is 1. The number of rotatable bonds is 6. The molecule has 0 radical (unpaired) electrons. The molecule has 0 saturated heterocycles. The van der Waals surface area contributed by atoms with Gasteiger partial charge in [0.15, 0.2) is 0 Å². The van der Waals surface area contributed by atoms with E-state index in [0.29, 0.717) is 15.7 Å². The van der Waals surface area contributed by atoms with Crippen LogP contribution in [-0.4, -0.2) is 44.9 Å². The summed E-state index contributed by atoms with van der Waals surface area (Å²) in [7, 11) is 1.36. The van der Waals surface area contributed by atoms with Gasteiger partial charge in [-0.2, -0.15) is 4.68 Å². The minimum atomic E-state index is -0.402. The van der Waals surface area contributed by atoms with Crippen molar-refractivity contribution in [3.8, 4) is 5.69 Å². The second kappa shape index (κ2) is 8.97. The average Bonchev–Trinajstić information content (AvgIpc) is 3.36. The summed E-state index contributed by atoms with van der Waals surface area (Å²) in [6, 6.07) is 7.76. The molecule has 1 amide bonds. The molecule has 2 heterocycles. The van der Waals surface area contributed by atoms with Crippen molar-refractivity contribution in [1.29, 1.82) is 0 Å². The van der Waals surface area contributed by atoms with Crippen LogP contribution in [0.2, 0.25) is 0 Å². The van der Waals surface area contributed by atoms with E-state index < -0.39 is 5.97 Å². The summed E-state index contributed by atoms with van der Waals surface area (Å²) in [5, 5.41) is 15.8. The van der Waals surface area contributed by atoms with Crippen LogP contribution in [0.3, 0.4) is 0 Å². The summed E-state index contributed by atoms with van der Waals surface area (Å²) in [4.78, 5) is 26.1. The number of anilines is 1. The molecule has 1 aliphatic carbocycles. The molecule has 8 nitrogen and oxygen atoms in total. The summed E-state index contributed by atoms with van der Waals surface area (Å²) in [5.74, 6) is -0.501. The average molecular weight is 444 g/mol. The number of aromatic nitrogens is 4. The van der Waals surface area contributed by atoms with Gasteiger partial charge >= 0.3 is 5.97 Å². The van der Waals surface area contributed by atoms with E-state index in [-0.39, 0.29) is 11.7 Å². The third-order valence-electron chi connectivity index (χ3n) is 4.93. The number of amides is 1. The third-order valence-corrected chi connectivity index (χ3v) is 7.06. The van der Waals surface area contributed by atoms with Crippen LogP contribution in [0.1, 0.15) is 39.2 Å². The summed E-state index contributed by atoms with van der Waals surface area (Å²) in [5.41, 5.74) is 3.41. The number of ether oxygens (including phenoxy) is 1. The number of carbonyl (C=O) groups excluding carboxylic acids is 2. The number of hydrogen-bond donors (Lipinski definition) is 1. The molecule has 0 saturated carbocycles. The smallest absolute Gasteiger partial charge is 0.341 e. The lowest BCUT2D eigenvalue weighted by atomic mass is 9.95. The Labute approximate surface area is 182 Å². The predicted molar refractivity (Wildman–Crippen MR) is 116 cm³/mol. The Bertz CT molecular complexity index is 1090. The van der Waals surface area contributed by atoms with E-state index in [0.717, 1.165) is 47.4 Å². The van der Waals surface area contributed by atoms with E-state index in [1.54, 1.807) is 4.68 Å². The lowest BCUT2D eigenvalue weighted by Crippen LogP contribution is -2.17. The molecule has 30 heavy (non-hydrogen) atoms. The molecule has 4 rings (SSSR count). The summed E-state index contributed by atoms with van der Waals surface area (Å²) >= 11 is 2.71. The highest BCUT2D eigenvalue weighted by Crippen LogP contribution is 2.38. The Morgan fingerprint density at radius 2 is 2.07 bits per heavy atom. The lowest BCUT2D eigenvalue weighted by Gasteiger charge is -2.11. The molecule has 1 N–H and O–H groups in total. The Hall–Kier alpha value is -2.72. The number of methoxy groups -OCH3 is 1. The van der Waals surface area contributed by atoms with Gasteiger partial charge in [-0.1, -0.05) is 30.0 Å². The Morgan fingerprint density at radius 3 is 2.87 bits per heavy atom. The van der Waals surface area contributed by atoms with E-state index in [1.807, 2.05) is 31.2 Å². The first-order chi connectivity index (χ1) is 14.6. The van der Waals surface area contributed by atoms with Crippen LogP contribution in [0.25, 0.3) is 5.69 Å².